The molecule has 1 aromatic rings. The third-order valence-electron chi connectivity index (χ3n) is 4.72. The number of likely N-dealkylation sites (tertiary alicyclic amines) is 1. The van der Waals surface area contributed by atoms with Crippen LogP contribution in [-0.4, -0.2) is 40.2 Å². The number of rotatable bonds is 2. The van der Waals surface area contributed by atoms with Gasteiger partial charge in [-0.3, -0.25) is 9.89 Å². The summed E-state index contributed by atoms with van der Waals surface area (Å²) in [5, 5.41) is 16.0. The van der Waals surface area contributed by atoms with Crippen LogP contribution >= 0.6 is 0 Å². The minimum Gasteiger partial charge on any atom is -0.369 e. The van der Waals surface area contributed by atoms with Crippen LogP contribution in [0.15, 0.2) is 0 Å². The van der Waals surface area contributed by atoms with Crippen molar-refractivity contribution < 1.29 is 9.53 Å². The van der Waals surface area contributed by atoms with Gasteiger partial charge in [-0.25, -0.2) is 0 Å². The van der Waals surface area contributed by atoms with Crippen molar-refractivity contribution in [2.75, 3.05) is 13.1 Å². The topological polar surface area (TPSA) is 82.0 Å². The molecule has 0 radical (unpaired) electrons. The third kappa shape index (κ3) is 2.73. The van der Waals surface area contributed by atoms with Crippen LogP contribution in [0.4, 0.5) is 0 Å². The Morgan fingerprint density at radius 3 is 2.86 bits per heavy atom. The summed E-state index contributed by atoms with van der Waals surface area (Å²) in [4.78, 5) is 14.6. The molecule has 2 aliphatic rings. The van der Waals surface area contributed by atoms with Gasteiger partial charge in [-0.15, -0.1) is 0 Å². The molecule has 0 aliphatic carbocycles. The van der Waals surface area contributed by atoms with Gasteiger partial charge in [-0.2, -0.15) is 10.4 Å². The van der Waals surface area contributed by atoms with E-state index in [-0.39, 0.29) is 18.1 Å². The van der Waals surface area contributed by atoms with Crippen LogP contribution in [0, 0.1) is 17.2 Å². The van der Waals surface area contributed by atoms with Crippen LogP contribution in [0.25, 0.3) is 0 Å². The first kappa shape index (κ1) is 15.0. The molecule has 3 rings (SSSR count). The molecule has 6 heteroatoms. The van der Waals surface area contributed by atoms with Gasteiger partial charge in [-0.1, -0.05) is 0 Å². The fourth-order valence-corrected chi connectivity index (χ4v) is 3.47. The summed E-state index contributed by atoms with van der Waals surface area (Å²) in [6.07, 6.45) is 3.18. The second-order valence-electron chi connectivity index (χ2n) is 6.36. The van der Waals surface area contributed by atoms with Gasteiger partial charge in [0.1, 0.15) is 0 Å². The first-order valence-corrected chi connectivity index (χ1v) is 7.99. The maximum Gasteiger partial charge on any atom is 0.274 e. The monoisotopic (exact) mass is 302 g/mol. The molecule has 1 N–H and O–H groups in total. The van der Waals surface area contributed by atoms with Crippen LogP contribution in [0.5, 0.6) is 0 Å². The van der Waals surface area contributed by atoms with E-state index in [1.807, 2.05) is 18.7 Å². The summed E-state index contributed by atoms with van der Waals surface area (Å²) >= 11 is 0. The van der Waals surface area contributed by atoms with E-state index in [1.54, 1.807) is 0 Å². The summed E-state index contributed by atoms with van der Waals surface area (Å²) in [5.74, 6) is 0.435. The Labute approximate surface area is 130 Å². The van der Waals surface area contributed by atoms with E-state index in [1.165, 1.54) is 0 Å². The number of carbonyl (C=O) groups excluding carboxylic acids is 1. The number of nitriles is 1. The highest BCUT2D eigenvalue weighted by Gasteiger charge is 2.32. The normalized spacial score (nSPS) is 25.6. The lowest BCUT2D eigenvalue weighted by Gasteiger charge is -2.31. The molecule has 0 aromatic carbocycles. The smallest absolute Gasteiger partial charge is 0.274 e. The number of piperidine rings is 1. The number of nitrogens with zero attached hydrogens (tertiary/aromatic N) is 3. The van der Waals surface area contributed by atoms with Crippen molar-refractivity contribution in [2.24, 2.45) is 5.92 Å². The van der Waals surface area contributed by atoms with Gasteiger partial charge >= 0.3 is 0 Å². The summed E-state index contributed by atoms with van der Waals surface area (Å²) < 4.78 is 5.77. The standard InChI is InChI=1S/C16H22N4O2/c1-10-9-13-14(11(2)22-10)18-19-15(13)16(21)20-7-4-12(3-6-17)5-8-20/h10-12H,3-5,7-9H2,1-2H3,(H,18,19)/t10-,11+/m1/s1. The van der Waals surface area contributed by atoms with Gasteiger partial charge in [-0.05, 0) is 32.6 Å². The molecule has 1 fully saturated rings. The molecule has 1 saturated heterocycles. The largest absolute Gasteiger partial charge is 0.369 e. The Balaban J connectivity index is 1.73. The number of aromatic nitrogens is 2. The Morgan fingerprint density at radius 1 is 1.45 bits per heavy atom. The van der Waals surface area contributed by atoms with E-state index in [0.29, 0.717) is 31.1 Å². The summed E-state index contributed by atoms with van der Waals surface area (Å²) in [6.45, 7) is 5.44. The highest BCUT2D eigenvalue weighted by atomic mass is 16.5. The maximum absolute atomic E-state index is 12.7. The molecule has 0 spiro atoms. The number of ether oxygens (including phenoxy) is 1. The second kappa shape index (κ2) is 6.09. The molecule has 0 saturated carbocycles. The molecular formula is C16H22N4O2. The molecular weight excluding hydrogens is 280 g/mol. The Bertz CT molecular complexity index is 596. The SMILES string of the molecule is C[C@@H]1Cc2c(C(=O)N3CCC(CC#N)CC3)n[nH]c2[C@H](C)O1. The van der Waals surface area contributed by atoms with E-state index in [0.717, 1.165) is 30.5 Å². The molecule has 6 nitrogen and oxygen atoms in total. The van der Waals surface area contributed by atoms with Gasteiger partial charge in [0.15, 0.2) is 5.69 Å². The van der Waals surface area contributed by atoms with Gasteiger partial charge in [0, 0.05) is 31.5 Å². The number of nitrogens with one attached hydrogen (secondary N) is 1. The number of amides is 1. The zero-order chi connectivity index (χ0) is 15.7. The van der Waals surface area contributed by atoms with E-state index < -0.39 is 0 Å². The quantitative estimate of drug-likeness (QED) is 0.908. The minimum atomic E-state index is -0.0471. The van der Waals surface area contributed by atoms with Crippen molar-refractivity contribution in [1.82, 2.24) is 15.1 Å². The number of H-pyrrole nitrogens is 1. The predicted molar refractivity (Wildman–Crippen MR) is 80.1 cm³/mol. The van der Waals surface area contributed by atoms with Gasteiger partial charge < -0.3 is 9.64 Å². The predicted octanol–water partition coefficient (Wildman–Crippen LogP) is 2.20. The average Bonchev–Trinajstić information content (AvgIpc) is 2.91. The van der Waals surface area contributed by atoms with Crippen LogP contribution in [0.2, 0.25) is 0 Å². The number of hydrogen-bond acceptors (Lipinski definition) is 4. The minimum absolute atomic E-state index is 0.00853. The average molecular weight is 302 g/mol. The van der Waals surface area contributed by atoms with Gasteiger partial charge in [0.05, 0.1) is 24.0 Å². The highest BCUT2D eigenvalue weighted by Crippen LogP contribution is 2.31. The van der Waals surface area contributed by atoms with E-state index >= 15 is 0 Å². The van der Waals surface area contributed by atoms with Crippen molar-refractivity contribution in [2.45, 2.75) is 51.7 Å². The maximum atomic E-state index is 12.7. The van der Waals surface area contributed by atoms with Crippen LogP contribution < -0.4 is 0 Å². The first-order chi connectivity index (χ1) is 10.6. The van der Waals surface area contributed by atoms with Crippen molar-refractivity contribution in [3.05, 3.63) is 17.0 Å². The van der Waals surface area contributed by atoms with Gasteiger partial charge in [0.2, 0.25) is 0 Å². The van der Waals surface area contributed by atoms with Crippen molar-refractivity contribution in [3.8, 4) is 6.07 Å². The molecule has 1 aromatic heterocycles. The Hall–Kier alpha value is -1.87. The van der Waals surface area contributed by atoms with Gasteiger partial charge in [0.25, 0.3) is 5.91 Å². The summed E-state index contributed by atoms with van der Waals surface area (Å²) in [7, 11) is 0. The van der Waals surface area contributed by atoms with Crippen LogP contribution in [-0.2, 0) is 11.2 Å². The molecule has 118 valence electrons. The lowest BCUT2D eigenvalue weighted by atomic mass is 9.93. The number of hydrogen-bond donors (Lipinski definition) is 1. The van der Waals surface area contributed by atoms with Crippen molar-refractivity contribution in [1.29, 1.82) is 5.26 Å². The Morgan fingerprint density at radius 2 is 2.18 bits per heavy atom. The number of fused-ring (bicyclic) bond motifs is 1. The molecule has 22 heavy (non-hydrogen) atoms. The van der Waals surface area contributed by atoms with E-state index in [9.17, 15) is 4.79 Å². The molecule has 1 amide bonds. The highest BCUT2D eigenvalue weighted by molar-refractivity contribution is 5.94. The second-order valence-corrected chi connectivity index (χ2v) is 6.36. The molecule has 2 aliphatic heterocycles. The van der Waals surface area contributed by atoms with E-state index in [2.05, 4.69) is 16.3 Å². The summed E-state index contributed by atoms with van der Waals surface area (Å²) in [6, 6.07) is 2.22. The van der Waals surface area contributed by atoms with Crippen molar-refractivity contribution in [3.63, 3.8) is 0 Å². The fraction of sp³-hybridized carbons (Fsp3) is 0.688. The fourth-order valence-electron chi connectivity index (χ4n) is 3.47. The van der Waals surface area contributed by atoms with Crippen LogP contribution in [0.1, 0.15) is 61.0 Å². The zero-order valence-electron chi connectivity index (χ0n) is 13.1. The molecule has 0 bridgehead atoms. The van der Waals surface area contributed by atoms with Crippen molar-refractivity contribution >= 4 is 5.91 Å². The van der Waals surface area contributed by atoms with E-state index in [4.69, 9.17) is 10.00 Å². The third-order valence-corrected chi connectivity index (χ3v) is 4.72. The van der Waals surface area contributed by atoms with Crippen LogP contribution in [0.3, 0.4) is 0 Å². The number of aromatic amines is 1. The molecule has 0 unspecified atom stereocenters. The zero-order valence-corrected chi connectivity index (χ0v) is 13.1. The number of carbonyl (C=O) groups is 1. The lowest BCUT2D eigenvalue weighted by Crippen LogP contribution is -2.39. The molecule has 3 heterocycles. The first-order valence-electron chi connectivity index (χ1n) is 7.99. The summed E-state index contributed by atoms with van der Waals surface area (Å²) in [5.41, 5.74) is 2.49. The molecule has 2 atom stereocenters. The Kier molecular flexibility index (Phi) is 4.16. The lowest BCUT2D eigenvalue weighted by molar-refractivity contribution is -0.00703.